The monoisotopic (exact) mass is 261 g/mol. The number of fused-ring (bicyclic) bond motifs is 1. The van der Waals surface area contributed by atoms with Crippen molar-refractivity contribution >= 4 is 35.8 Å². The van der Waals surface area contributed by atoms with Crippen LogP contribution < -0.4 is 5.73 Å². The zero-order valence-electron chi connectivity index (χ0n) is 9.43. The summed E-state index contributed by atoms with van der Waals surface area (Å²) in [5.74, 6) is 1.06. The molecule has 1 aromatic heterocycles. The molecule has 0 aliphatic carbocycles. The summed E-state index contributed by atoms with van der Waals surface area (Å²) in [4.78, 5) is 4.55. The Morgan fingerprint density at radius 3 is 2.62 bits per heavy atom. The molecule has 0 saturated heterocycles. The molecule has 3 nitrogen and oxygen atoms in total. The molecule has 0 atom stereocenters. The fourth-order valence-electron chi connectivity index (χ4n) is 1.71. The molecule has 0 spiro atoms. The molecule has 1 heterocycles. The summed E-state index contributed by atoms with van der Waals surface area (Å²) in [6.07, 6.45) is 0.838. The molecule has 0 bridgehead atoms. The van der Waals surface area contributed by atoms with Gasteiger partial charge in [0.15, 0.2) is 0 Å². The molecular formula is C11H17Cl2N3. The molecule has 1 aromatic carbocycles. The van der Waals surface area contributed by atoms with Crippen LogP contribution in [0.15, 0.2) is 18.2 Å². The Morgan fingerprint density at radius 1 is 1.31 bits per heavy atom. The number of aryl methyl sites for hydroxylation is 2. The standard InChI is InChI=1S/C11H15N3.2ClH/c1-8-3-4-10-9(7-8)13-11(5-6-12)14(10)2;;/h3-4,7H,5-6,12H2,1-2H3;2*1H. The van der Waals surface area contributed by atoms with E-state index < -0.39 is 0 Å². The minimum Gasteiger partial charge on any atom is -0.331 e. The quantitative estimate of drug-likeness (QED) is 0.901. The van der Waals surface area contributed by atoms with Crippen LogP contribution in [0.5, 0.6) is 0 Å². The van der Waals surface area contributed by atoms with Gasteiger partial charge < -0.3 is 10.3 Å². The average Bonchev–Trinajstić information content (AvgIpc) is 2.44. The minimum absolute atomic E-state index is 0. The second-order valence-electron chi connectivity index (χ2n) is 3.62. The number of aromatic nitrogens is 2. The van der Waals surface area contributed by atoms with Gasteiger partial charge in [0.1, 0.15) is 5.82 Å². The van der Waals surface area contributed by atoms with Gasteiger partial charge in [0.2, 0.25) is 0 Å². The summed E-state index contributed by atoms with van der Waals surface area (Å²) < 4.78 is 2.11. The summed E-state index contributed by atoms with van der Waals surface area (Å²) in [6.45, 7) is 2.73. The van der Waals surface area contributed by atoms with Crippen molar-refractivity contribution in [1.29, 1.82) is 0 Å². The SMILES string of the molecule is Cc1ccc2c(c1)nc(CCN)n2C.Cl.Cl. The molecule has 16 heavy (non-hydrogen) atoms. The molecule has 2 aromatic rings. The van der Waals surface area contributed by atoms with Gasteiger partial charge in [-0.1, -0.05) is 6.07 Å². The van der Waals surface area contributed by atoms with Crippen LogP contribution in [-0.4, -0.2) is 16.1 Å². The maximum Gasteiger partial charge on any atom is 0.110 e. The van der Waals surface area contributed by atoms with Gasteiger partial charge in [0.25, 0.3) is 0 Å². The molecule has 5 heteroatoms. The van der Waals surface area contributed by atoms with Gasteiger partial charge in [0.05, 0.1) is 11.0 Å². The summed E-state index contributed by atoms with van der Waals surface area (Å²) >= 11 is 0. The van der Waals surface area contributed by atoms with Gasteiger partial charge in [-0.15, -0.1) is 24.8 Å². The Bertz CT molecular complexity index is 465. The molecule has 0 amide bonds. The van der Waals surface area contributed by atoms with Crippen molar-refractivity contribution in [3.05, 3.63) is 29.6 Å². The smallest absolute Gasteiger partial charge is 0.110 e. The van der Waals surface area contributed by atoms with Crippen molar-refractivity contribution in [2.45, 2.75) is 13.3 Å². The first-order valence-corrected chi connectivity index (χ1v) is 4.84. The highest BCUT2D eigenvalue weighted by molar-refractivity contribution is 5.85. The second kappa shape index (κ2) is 6.09. The van der Waals surface area contributed by atoms with Crippen LogP contribution in [-0.2, 0) is 13.5 Å². The summed E-state index contributed by atoms with van der Waals surface area (Å²) in [5.41, 5.74) is 9.02. The van der Waals surface area contributed by atoms with Crippen LogP contribution in [0, 0.1) is 6.92 Å². The fraction of sp³-hybridized carbons (Fsp3) is 0.364. The maximum atomic E-state index is 5.53. The minimum atomic E-state index is 0. The molecule has 0 aliphatic heterocycles. The number of nitrogens with zero attached hydrogens (tertiary/aromatic N) is 2. The molecule has 2 N–H and O–H groups in total. The van der Waals surface area contributed by atoms with Gasteiger partial charge >= 0.3 is 0 Å². The predicted octanol–water partition coefficient (Wildman–Crippen LogP) is 2.23. The molecule has 0 saturated carbocycles. The third-order valence-electron chi connectivity index (χ3n) is 2.50. The lowest BCUT2D eigenvalue weighted by molar-refractivity contribution is 0.794. The van der Waals surface area contributed by atoms with Crippen molar-refractivity contribution in [2.75, 3.05) is 6.54 Å². The highest BCUT2D eigenvalue weighted by atomic mass is 35.5. The van der Waals surface area contributed by atoms with E-state index in [1.165, 1.54) is 11.1 Å². The maximum absolute atomic E-state index is 5.53. The Balaban J connectivity index is 0.00000112. The van der Waals surface area contributed by atoms with Crippen LogP contribution in [0.2, 0.25) is 0 Å². The van der Waals surface area contributed by atoms with E-state index in [-0.39, 0.29) is 24.8 Å². The number of hydrogen-bond acceptors (Lipinski definition) is 2. The molecule has 0 unspecified atom stereocenters. The van der Waals surface area contributed by atoms with Crippen LogP contribution >= 0.6 is 24.8 Å². The van der Waals surface area contributed by atoms with E-state index in [0.717, 1.165) is 17.8 Å². The van der Waals surface area contributed by atoms with Crippen LogP contribution in [0.25, 0.3) is 11.0 Å². The molecule has 2 rings (SSSR count). The zero-order valence-corrected chi connectivity index (χ0v) is 11.1. The van der Waals surface area contributed by atoms with E-state index in [1.807, 2.05) is 7.05 Å². The lowest BCUT2D eigenvalue weighted by atomic mass is 10.2. The number of imidazole rings is 1. The van der Waals surface area contributed by atoms with Gasteiger partial charge in [-0.25, -0.2) is 4.98 Å². The van der Waals surface area contributed by atoms with Crippen molar-refractivity contribution in [2.24, 2.45) is 12.8 Å². The zero-order chi connectivity index (χ0) is 10.1. The van der Waals surface area contributed by atoms with E-state index in [9.17, 15) is 0 Å². The average molecular weight is 262 g/mol. The third kappa shape index (κ3) is 2.67. The van der Waals surface area contributed by atoms with E-state index in [4.69, 9.17) is 5.73 Å². The van der Waals surface area contributed by atoms with Gasteiger partial charge in [-0.05, 0) is 31.2 Å². The number of hydrogen-bond donors (Lipinski definition) is 1. The van der Waals surface area contributed by atoms with E-state index >= 15 is 0 Å². The first kappa shape index (κ1) is 15.2. The number of nitrogens with two attached hydrogens (primary N) is 1. The van der Waals surface area contributed by atoms with E-state index in [0.29, 0.717) is 6.54 Å². The van der Waals surface area contributed by atoms with Gasteiger partial charge in [-0.3, -0.25) is 0 Å². The third-order valence-corrected chi connectivity index (χ3v) is 2.50. The predicted molar refractivity (Wildman–Crippen MR) is 72.7 cm³/mol. The Labute approximate surface area is 108 Å². The Morgan fingerprint density at radius 2 is 2.00 bits per heavy atom. The lowest BCUT2D eigenvalue weighted by Gasteiger charge is -1.99. The molecule has 0 aliphatic rings. The first-order valence-electron chi connectivity index (χ1n) is 4.84. The van der Waals surface area contributed by atoms with Crippen molar-refractivity contribution in [1.82, 2.24) is 9.55 Å². The van der Waals surface area contributed by atoms with Crippen molar-refractivity contribution < 1.29 is 0 Å². The van der Waals surface area contributed by atoms with Gasteiger partial charge in [0, 0.05) is 13.5 Å². The number of benzene rings is 1. The first-order chi connectivity index (χ1) is 6.72. The van der Waals surface area contributed by atoms with Crippen LogP contribution in [0.1, 0.15) is 11.4 Å². The highest BCUT2D eigenvalue weighted by Crippen LogP contribution is 2.16. The van der Waals surface area contributed by atoms with Crippen LogP contribution in [0.4, 0.5) is 0 Å². The molecule has 90 valence electrons. The Hall–Kier alpha value is -0.770. The van der Waals surface area contributed by atoms with Crippen LogP contribution in [0.3, 0.4) is 0 Å². The topological polar surface area (TPSA) is 43.8 Å². The largest absolute Gasteiger partial charge is 0.331 e. The highest BCUT2D eigenvalue weighted by Gasteiger charge is 2.05. The van der Waals surface area contributed by atoms with Gasteiger partial charge in [-0.2, -0.15) is 0 Å². The molecule has 0 radical (unpaired) electrons. The summed E-state index contributed by atoms with van der Waals surface area (Å²) in [5, 5.41) is 0. The summed E-state index contributed by atoms with van der Waals surface area (Å²) in [7, 11) is 2.04. The normalized spacial score (nSPS) is 9.69. The van der Waals surface area contributed by atoms with Crippen molar-refractivity contribution in [3.8, 4) is 0 Å². The fourth-order valence-corrected chi connectivity index (χ4v) is 1.71. The number of rotatable bonds is 2. The van der Waals surface area contributed by atoms with E-state index in [2.05, 4.69) is 34.7 Å². The van der Waals surface area contributed by atoms with E-state index in [1.54, 1.807) is 0 Å². The molecule has 0 fully saturated rings. The summed E-state index contributed by atoms with van der Waals surface area (Å²) in [6, 6.07) is 6.32. The second-order valence-corrected chi connectivity index (χ2v) is 3.62. The molecular weight excluding hydrogens is 245 g/mol. The number of halogens is 2. The van der Waals surface area contributed by atoms with Crippen molar-refractivity contribution in [3.63, 3.8) is 0 Å². The lowest BCUT2D eigenvalue weighted by Crippen LogP contribution is -2.07. The Kier molecular flexibility index (Phi) is 5.79.